The van der Waals surface area contributed by atoms with Gasteiger partial charge in [-0.25, -0.2) is 4.39 Å². The molecule has 18 heavy (non-hydrogen) atoms. The quantitative estimate of drug-likeness (QED) is 0.856. The molecule has 0 spiro atoms. The lowest BCUT2D eigenvalue weighted by molar-refractivity contribution is 0.568. The fourth-order valence-corrected chi connectivity index (χ4v) is 1.88. The van der Waals surface area contributed by atoms with E-state index < -0.39 is 0 Å². The monoisotopic (exact) mass is 243 g/mol. The molecule has 0 saturated heterocycles. The van der Waals surface area contributed by atoms with Crippen LogP contribution in [0.4, 0.5) is 4.39 Å². The second kappa shape index (κ2) is 5.78. The van der Waals surface area contributed by atoms with Crippen LogP contribution in [0.25, 0.3) is 0 Å². The van der Waals surface area contributed by atoms with Crippen molar-refractivity contribution in [2.45, 2.75) is 26.4 Å². The van der Waals surface area contributed by atoms with E-state index in [1.165, 1.54) is 5.56 Å². The first-order valence-corrected chi connectivity index (χ1v) is 6.20. The highest BCUT2D eigenvalue weighted by Gasteiger charge is 2.05. The first-order chi connectivity index (χ1) is 8.66. The minimum Gasteiger partial charge on any atom is -0.306 e. The van der Waals surface area contributed by atoms with Gasteiger partial charge in [0.2, 0.25) is 0 Å². The van der Waals surface area contributed by atoms with Crippen molar-refractivity contribution in [3.05, 3.63) is 71.0 Å². The summed E-state index contributed by atoms with van der Waals surface area (Å²) in [5.41, 5.74) is 2.90. The minimum atomic E-state index is -0.137. The summed E-state index contributed by atoms with van der Waals surface area (Å²) >= 11 is 0. The Morgan fingerprint density at radius 2 is 1.83 bits per heavy atom. The van der Waals surface area contributed by atoms with E-state index >= 15 is 0 Å². The highest BCUT2D eigenvalue weighted by atomic mass is 19.1. The molecule has 0 saturated carbocycles. The van der Waals surface area contributed by atoms with Gasteiger partial charge < -0.3 is 5.32 Å². The largest absolute Gasteiger partial charge is 0.306 e. The summed E-state index contributed by atoms with van der Waals surface area (Å²) in [6.45, 7) is 4.56. The van der Waals surface area contributed by atoms with Gasteiger partial charge in [0.05, 0.1) is 0 Å². The number of halogens is 1. The number of nitrogens with one attached hydrogen (secondary N) is 1. The maximum atomic E-state index is 13.4. The predicted molar refractivity (Wildman–Crippen MR) is 72.8 cm³/mol. The van der Waals surface area contributed by atoms with Gasteiger partial charge in [0.1, 0.15) is 5.82 Å². The molecule has 0 heterocycles. The number of hydrogen-bond donors (Lipinski definition) is 1. The second-order valence-corrected chi connectivity index (χ2v) is 4.60. The van der Waals surface area contributed by atoms with Gasteiger partial charge in [0.15, 0.2) is 0 Å². The van der Waals surface area contributed by atoms with Crippen LogP contribution >= 0.6 is 0 Å². The molecule has 0 bridgehead atoms. The van der Waals surface area contributed by atoms with E-state index in [9.17, 15) is 4.39 Å². The number of hydrogen-bond acceptors (Lipinski definition) is 1. The fraction of sp³-hybridized carbons (Fsp3) is 0.250. The second-order valence-electron chi connectivity index (χ2n) is 4.60. The SMILES string of the molecule is Cc1ccc(CN[C@H](C)c2ccccc2)cc1F. The third kappa shape index (κ3) is 3.17. The number of aryl methyl sites for hydroxylation is 1. The van der Waals surface area contributed by atoms with Crippen molar-refractivity contribution in [2.24, 2.45) is 0 Å². The molecular formula is C16H18FN. The summed E-state index contributed by atoms with van der Waals surface area (Å²) < 4.78 is 13.4. The molecule has 0 radical (unpaired) electrons. The van der Waals surface area contributed by atoms with Crippen LogP contribution in [0.2, 0.25) is 0 Å². The van der Waals surface area contributed by atoms with Crippen LogP contribution in [0, 0.1) is 12.7 Å². The molecule has 0 aliphatic carbocycles. The van der Waals surface area contributed by atoms with Crippen LogP contribution < -0.4 is 5.32 Å². The van der Waals surface area contributed by atoms with Crippen LogP contribution in [0.1, 0.15) is 29.7 Å². The summed E-state index contributed by atoms with van der Waals surface area (Å²) in [7, 11) is 0. The van der Waals surface area contributed by atoms with Crippen LogP contribution in [0.5, 0.6) is 0 Å². The zero-order valence-electron chi connectivity index (χ0n) is 10.8. The molecular weight excluding hydrogens is 225 g/mol. The van der Waals surface area contributed by atoms with E-state index in [1.54, 1.807) is 13.0 Å². The molecule has 0 fully saturated rings. The van der Waals surface area contributed by atoms with E-state index in [0.717, 1.165) is 5.56 Å². The van der Waals surface area contributed by atoms with Crippen molar-refractivity contribution in [3.8, 4) is 0 Å². The van der Waals surface area contributed by atoms with Gasteiger partial charge in [0, 0.05) is 12.6 Å². The normalized spacial score (nSPS) is 12.4. The molecule has 1 nitrogen and oxygen atoms in total. The molecule has 1 atom stereocenters. The Hall–Kier alpha value is -1.67. The molecule has 2 aromatic carbocycles. The lowest BCUT2D eigenvalue weighted by Crippen LogP contribution is -2.18. The van der Waals surface area contributed by atoms with Crippen LogP contribution in [-0.2, 0) is 6.54 Å². The standard InChI is InChI=1S/C16H18FN/c1-12-8-9-14(10-16(12)17)11-18-13(2)15-6-4-3-5-7-15/h3-10,13,18H,11H2,1-2H3/t13-/m1/s1. The Labute approximate surface area is 108 Å². The first-order valence-electron chi connectivity index (χ1n) is 6.20. The summed E-state index contributed by atoms with van der Waals surface area (Å²) in [4.78, 5) is 0. The summed E-state index contributed by atoms with van der Waals surface area (Å²) in [6.07, 6.45) is 0. The molecule has 2 aromatic rings. The lowest BCUT2D eigenvalue weighted by Gasteiger charge is -2.14. The van der Waals surface area contributed by atoms with E-state index in [2.05, 4.69) is 24.4 Å². The Morgan fingerprint density at radius 3 is 2.50 bits per heavy atom. The third-order valence-corrected chi connectivity index (χ3v) is 3.15. The van der Waals surface area contributed by atoms with E-state index in [1.807, 2.05) is 30.3 Å². The van der Waals surface area contributed by atoms with Crippen molar-refractivity contribution in [1.82, 2.24) is 5.32 Å². The molecule has 2 heteroatoms. The van der Waals surface area contributed by atoms with E-state index in [4.69, 9.17) is 0 Å². The van der Waals surface area contributed by atoms with Gasteiger partial charge in [-0.05, 0) is 36.6 Å². The minimum absolute atomic E-state index is 0.137. The van der Waals surface area contributed by atoms with Crippen molar-refractivity contribution < 1.29 is 4.39 Å². The zero-order valence-corrected chi connectivity index (χ0v) is 10.8. The lowest BCUT2D eigenvalue weighted by atomic mass is 10.1. The van der Waals surface area contributed by atoms with Crippen LogP contribution in [0.15, 0.2) is 48.5 Å². The predicted octanol–water partition coefficient (Wildman–Crippen LogP) is 3.98. The Kier molecular flexibility index (Phi) is 4.11. The average Bonchev–Trinajstić information content (AvgIpc) is 2.41. The highest BCUT2D eigenvalue weighted by molar-refractivity contribution is 5.24. The molecule has 1 N–H and O–H groups in total. The number of benzene rings is 2. The zero-order chi connectivity index (χ0) is 13.0. The van der Waals surface area contributed by atoms with Gasteiger partial charge in [-0.3, -0.25) is 0 Å². The Bertz CT molecular complexity index is 508. The highest BCUT2D eigenvalue weighted by Crippen LogP contribution is 2.13. The Morgan fingerprint density at radius 1 is 1.11 bits per heavy atom. The topological polar surface area (TPSA) is 12.0 Å². The van der Waals surface area contributed by atoms with Gasteiger partial charge in [-0.15, -0.1) is 0 Å². The third-order valence-electron chi connectivity index (χ3n) is 3.15. The molecule has 0 aliphatic rings. The smallest absolute Gasteiger partial charge is 0.126 e. The molecule has 0 aromatic heterocycles. The average molecular weight is 243 g/mol. The maximum absolute atomic E-state index is 13.4. The van der Waals surface area contributed by atoms with Crippen molar-refractivity contribution >= 4 is 0 Å². The van der Waals surface area contributed by atoms with Crippen molar-refractivity contribution in [1.29, 1.82) is 0 Å². The fourth-order valence-electron chi connectivity index (χ4n) is 1.88. The van der Waals surface area contributed by atoms with E-state index in [0.29, 0.717) is 12.1 Å². The molecule has 0 amide bonds. The molecule has 2 rings (SSSR count). The van der Waals surface area contributed by atoms with E-state index in [-0.39, 0.29) is 11.9 Å². The molecule has 0 aliphatic heterocycles. The molecule has 94 valence electrons. The van der Waals surface area contributed by atoms with Gasteiger partial charge in [-0.1, -0.05) is 42.5 Å². The van der Waals surface area contributed by atoms with Gasteiger partial charge in [-0.2, -0.15) is 0 Å². The maximum Gasteiger partial charge on any atom is 0.126 e. The first kappa shape index (κ1) is 12.8. The van der Waals surface area contributed by atoms with Crippen LogP contribution in [0.3, 0.4) is 0 Å². The number of rotatable bonds is 4. The van der Waals surface area contributed by atoms with Gasteiger partial charge >= 0.3 is 0 Å². The Balaban J connectivity index is 1.97. The van der Waals surface area contributed by atoms with Crippen LogP contribution in [-0.4, -0.2) is 0 Å². The summed E-state index contributed by atoms with van der Waals surface area (Å²) in [5, 5.41) is 3.40. The van der Waals surface area contributed by atoms with Gasteiger partial charge in [0.25, 0.3) is 0 Å². The van der Waals surface area contributed by atoms with Crippen molar-refractivity contribution in [2.75, 3.05) is 0 Å². The summed E-state index contributed by atoms with van der Waals surface area (Å²) in [6, 6.07) is 15.9. The van der Waals surface area contributed by atoms with Crippen molar-refractivity contribution in [3.63, 3.8) is 0 Å². The summed E-state index contributed by atoms with van der Waals surface area (Å²) in [5.74, 6) is -0.137. The molecule has 0 unspecified atom stereocenters.